The van der Waals surface area contributed by atoms with Crippen molar-refractivity contribution in [2.75, 3.05) is 18.1 Å². The van der Waals surface area contributed by atoms with Crippen LogP contribution in [0, 0.1) is 0 Å². The number of ether oxygens (including phenoxy) is 1. The first kappa shape index (κ1) is 14.6. The Morgan fingerprint density at radius 3 is 2.47 bits per heavy atom. The summed E-state index contributed by atoms with van der Waals surface area (Å²) < 4.78 is 16.4. The summed E-state index contributed by atoms with van der Waals surface area (Å²) in [6, 6.07) is 0.412. The lowest BCUT2D eigenvalue weighted by Crippen LogP contribution is -2.37. The fourth-order valence-corrected chi connectivity index (χ4v) is 3.07. The molecule has 0 spiro atoms. The lowest BCUT2D eigenvalue weighted by atomic mass is 10.1. The summed E-state index contributed by atoms with van der Waals surface area (Å²) in [7, 11) is -0.620. The van der Waals surface area contributed by atoms with Crippen LogP contribution in [0.2, 0.25) is 0 Å². The van der Waals surface area contributed by atoms with Gasteiger partial charge in [-0.1, -0.05) is 0 Å². The van der Waals surface area contributed by atoms with Crippen molar-refractivity contribution in [2.45, 2.75) is 51.7 Å². The van der Waals surface area contributed by atoms with Crippen molar-refractivity contribution >= 4 is 16.8 Å². The van der Waals surface area contributed by atoms with Crippen LogP contribution in [0.15, 0.2) is 0 Å². The molecule has 1 fully saturated rings. The molecule has 0 radical (unpaired) electrons. The molecule has 0 bridgehead atoms. The van der Waals surface area contributed by atoms with Crippen molar-refractivity contribution in [3.05, 3.63) is 0 Å². The smallest absolute Gasteiger partial charge is 0.307 e. The van der Waals surface area contributed by atoms with Gasteiger partial charge >= 0.3 is 5.97 Å². The van der Waals surface area contributed by atoms with E-state index in [1.54, 1.807) is 0 Å². The summed E-state index contributed by atoms with van der Waals surface area (Å²) in [4.78, 5) is 11.4. The van der Waals surface area contributed by atoms with Gasteiger partial charge in [-0.3, -0.25) is 9.00 Å². The van der Waals surface area contributed by atoms with Gasteiger partial charge in [0.1, 0.15) is 5.60 Å². The number of esters is 1. The SMILES string of the molecule is CC(C)(C)OC(=O)CCNC1CCS(=O)CC1. The number of nitrogens with one attached hydrogen (secondary N) is 1. The monoisotopic (exact) mass is 261 g/mol. The Morgan fingerprint density at radius 1 is 1.35 bits per heavy atom. The molecule has 1 heterocycles. The van der Waals surface area contributed by atoms with Crippen LogP contribution in [0.3, 0.4) is 0 Å². The highest BCUT2D eigenvalue weighted by molar-refractivity contribution is 7.85. The van der Waals surface area contributed by atoms with E-state index < -0.39 is 16.4 Å². The van der Waals surface area contributed by atoms with Crippen molar-refractivity contribution in [1.29, 1.82) is 0 Å². The van der Waals surface area contributed by atoms with Gasteiger partial charge in [-0.2, -0.15) is 0 Å². The Bertz CT molecular complexity index is 276. The normalized spacial score (nSPS) is 25.6. The van der Waals surface area contributed by atoms with Gasteiger partial charge in [0.2, 0.25) is 0 Å². The first-order chi connectivity index (χ1) is 7.87. The summed E-state index contributed by atoms with van der Waals surface area (Å²) in [5.41, 5.74) is -0.404. The standard InChI is InChI=1S/C12H23NO3S/c1-12(2,3)16-11(14)4-7-13-10-5-8-17(15)9-6-10/h10,13H,4-9H2,1-3H3. The summed E-state index contributed by atoms with van der Waals surface area (Å²) in [6.07, 6.45) is 2.29. The molecule has 5 heteroatoms. The zero-order valence-corrected chi connectivity index (χ0v) is 11.8. The van der Waals surface area contributed by atoms with E-state index in [-0.39, 0.29) is 5.97 Å². The third-order valence-electron chi connectivity index (χ3n) is 2.57. The van der Waals surface area contributed by atoms with Crippen LogP contribution in [-0.2, 0) is 20.3 Å². The molecule has 0 atom stereocenters. The first-order valence-electron chi connectivity index (χ1n) is 6.17. The number of hydrogen-bond acceptors (Lipinski definition) is 4. The average molecular weight is 261 g/mol. The summed E-state index contributed by atoms with van der Waals surface area (Å²) in [5, 5.41) is 3.32. The molecule has 0 aromatic rings. The second-order valence-corrected chi connectivity index (χ2v) is 7.11. The largest absolute Gasteiger partial charge is 0.460 e. The Balaban J connectivity index is 2.11. The van der Waals surface area contributed by atoms with Gasteiger partial charge < -0.3 is 10.1 Å². The van der Waals surface area contributed by atoms with Gasteiger partial charge in [-0.15, -0.1) is 0 Å². The van der Waals surface area contributed by atoms with Gasteiger partial charge in [-0.05, 0) is 33.6 Å². The Labute approximate surface area is 106 Å². The Kier molecular flexibility index (Phi) is 5.59. The van der Waals surface area contributed by atoms with E-state index in [1.165, 1.54) is 0 Å². The minimum absolute atomic E-state index is 0.163. The fourth-order valence-electron chi connectivity index (χ4n) is 1.77. The molecule has 0 unspecified atom stereocenters. The number of hydrogen-bond donors (Lipinski definition) is 1. The van der Waals surface area contributed by atoms with E-state index in [0.717, 1.165) is 24.3 Å². The lowest BCUT2D eigenvalue weighted by molar-refractivity contribution is -0.154. The Morgan fingerprint density at radius 2 is 1.94 bits per heavy atom. The summed E-state index contributed by atoms with van der Waals surface area (Å²) in [5.74, 6) is 1.40. The van der Waals surface area contributed by atoms with E-state index in [4.69, 9.17) is 4.74 Å². The van der Waals surface area contributed by atoms with Gasteiger partial charge in [0.05, 0.1) is 6.42 Å². The van der Waals surface area contributed by atoms with Crippen molar-refractivity contribution in [3.63, 3.8) is 0 Å². The maximum Gasteiger partial charge on any atom is 0.307 e. The minimum Gasteiger partial charge on any atom is -0.460 e. The maximum atomic E-state index is 11.4. The van der Waals surface area contributed by atoms with Crippen LogP contribution in [0.25, 0.3) is 0 Å². The van der Waals surface area contributed by atoms with E-state index in [0.29, 0.717) is 19.0 Å². The van der Waals surface area contributed by atoms with Gasteiger partial charge in [-0.25, -0.2) is 0 Å². The molecular formula is C12H23NO3S. The van der Waals surface area contributed by atoms with E-state index in [2.05, 4.69) is 5.32 Å². The number of carbonyl (C=O) groups excluding carboxylic acids is 1. The molecular weight excluding hydrogens is 238 g/mol. The van der Waals surface area contributed by atoms with Crippen molar-refractivity contribution in [3.8, 4) is 0 Å². The van der Waals surface area contributed by atoms with Gasteiger partial charge in [0.15, 0.2) is 0 Å². The van der Waals surface area contributed by atoms with Crippen LogP contribution >= 0.6 is 0 Å². The molecule has 17 heavy (non-hydrogen) atoms. The quantitative estimate of drug-likeness (QED) is 0.773. The van der Waals surface area contributed by atoms with Crippen molar-refractivity contribution < 1.29 is 13.7 Å². The van der Waals surface area contributed by atoms with Crippen LogP contribution in [0.1, 0.15) is 40.0 Å². The molecule has 4 nitrogen and oxygen atoms in total. The first-order valence-corrected chi connectivity index (χ1v) is 7.66. The zero-order valence-electron chi connectivity index (χ0n) is 11.0. The molecule has 1 aliphatic heterocycles. The highest BCUT2D eigenvalue weighted by Gasteiger charge is 2.19. The molecule has 1 N–H and O–H groups in total. The van der Waals surface area contributed by atoms with E-state index >= 15 is 0 Å². The molecule has 0 aromatic carbocycles. The molecule has 100 valence electrons. The highest BCUT2D eigenvalue weighted by atomic mass is 32.2. The molecule has 0 aliphatic carbocycles. The van der Waals surface area contributed by atoms with Crippen molar-refractivity contribution in [1.82, 2.24) is 5.32 Å². The molecule has 1 saturated heterocycles. The predicted molar refractivity (Wildman–Crippen MR) is 69.4 cm³/mol. The maximum absolute atomic E-state index is 11.4. The van der Waals surface area contributed by atoms with E-state index in [1.807, 2.05) is 20.8 Å². The number of rotatable bonds is 4. The Hall–Kier alpha value is -0.420. The second kappa shape index (κ2) is 6.50. The van der Waals surface area contributed by atoms with Crippen LogP contribution < -0.4 is 5.32 Å². The second-order valence-electron chi connectivity index (χ2n) is 5.41. The molecule has 1 aliphatic rings. The van der Waals surface area contributed by atoms with Crippen LogP contribution in [-0.4, -0.2) is 39.9 Å². The molecule has 0 aromatic heterocycles. The molecule has 1 rings (SSSR count). The molecule has 0 amide bonds. The summed E-state index contributed by atoms with van der Waals surface area (Å²) >= 11 is 0. The van der Waals surface area contributed by atoms with Crippen molar-refractivity contribution in [2.24, 2.45) is 0 Å². The highest BCUT2D eigenvalue weighted by Crippen LogP contribution is 2.10. The zero-order chi connectivity index (χ0) is 12.9. The number of carbonyl (C=O) groups is 1. The lowest BCUT2D eigenvalue weighted by Gasteiger charge is -2.23. The minimum atomic E-state index is -0.620. The van der Waals surface area contributed by atoms with Crippen LogP contribution in [0.5, 0.6) is 0 Å². The summed E-state index contributed by atoms with van der Waals surface area (Å²) in [6.45, 7) is 6.25. The third kappa shape index (κ3) is 6.78. The molecule has 0 saturated carbocycles. The van der Waals surface area contributed by atoms with E-state index in [9.17, 15) is 9.00 Å². The van der Waals surface area contributed by atoms with Gasteiger partial charge in [0, 0.05) is 34.9 Å². The topological polar surface area (TPSA) is 55.4 Å². The predicted octanol–water partition coefficient (Wildman–Crippen LogP) is 1.22. The van der Waals surface area contributed by atoms with Crippen LogP contribution in [0.4, 0.5) is 0 Å². The third-order valence-corrected chi connectivity index (χ3v) is 3.95. The fraction of sp³-hybridized carbons (Fsp3) is 0.917. The average Bonchev–Trinajstić information content (AvgIpc) is 2.18. The van der Waals surface area contributed by atoms with Gasteiger partial charge in [0.25, 0.3) is 0 Å².